The number of allylic oxidation sites excluding steroid dienone is 7. The van der Waals surface area contributed by atoms with Crippen LogP contribution in [0.3, 0.4) is 0 Å². The number of carbonyl (C=O) groups excluding carboxylic acids is 3. The van der Waals surface area contributed by atoms with Crippen molar-refractivity contribution in [3.8, 4) is 5.75 Å². The third-order valence-electron chi connectivity index (χ3n) is 8.70. The number of nitrogens with two attached hydrogens (primary N) is 1. The van der Waals surface area contributed by atoms with Crippen LogP contribution in [-0.2, 0) is 20.7 Å². The van der Waals surface area contributed by atoms with Crippen molar-refractivity contribution in [2.45, 2.75) is 44.9 Å². The average Bonchev–Trinajstić information content (AvgIpc) is 2.97. The molecular formula is C34H44N2O7. The molecule has 43 heavy (non-hydrogen) atoms. The number of phenolic OH excluding ortho intramolecular Hbond substituents is 1. The van der Waals surface area contributed by atoms with Crippen LogP contribution in [0.5, 0.6) is 5.75 Å². The second kappa shape index (κ2) is 15.9. The Kier molecular flexibility index (Phi) is 12.0. The Morgan fingerprint density at radius 3 is 2.49 bits per heavy atom. The number of phenols is 1. The molecule has 4 rings (SSSR count). The van der Waals surface area contributed by atoms with Crippen molar-refractivity contribution in [1.82, 2.24) is 4.90 Å². The fourth-order valence-electron chi connectivity index (χ4n) is 6.53. The summed E-state index contributed by atoms with van der Waals surface area (Å²) in [6.45, 7) is 3.46. The first-order valence-electron chi connectivity index (χ1n) is 15.2. The number of fused-ring (bicyclic) bond motifs is 1. The van der Waals surface area contributed by atoms with Crippen molar-refractivity contribution in [2.24, 2.45) is 23.5 Å². The van der Waals surface area contributed by atoms with Gasteiger partial charge >= 0.3 is 0 Å². The van der Waals surface area contributed by atoms with Gasteiger partial charge in [-0.25, -0.2) is 0 Å². The molecule has 0 saturated carbocycles. The number of benzene rings is 1. The number of morpholine rings is 1. The van der Waals surface area contributed by atoms with E-state index in [-0.39, 0.29) is 36.9 Å². The van der Waals surface area contributed by atoms with Crippen molar-refractivity contribution < 1.29 is 34.4 Å². The van der Waals surface area contributed by atoms with Crippen LogP contribution in [0.1, 0.15) is 60.0 Å². The minimum absolute atomic E-state index is 0.0403. The highest BCUT2D eigenvalue weighted by molar-refractivity contribution is 6.02. The van der Waals surface area contributed by atoms with E-state index in [9.17, 15) is 29.7 Å². The third kappa shape index (κ3) is 8.83. The molecule has 1 aromatic rings. The molecule has 3 unspecified atom stereocenters. The lowest BCUT2D eigenvalue weighted by atomic mass is 9.72. The quantitative estimate of drug-likeness (QED) is 0.271. The summed E-state index contributed by atoms with van der Waals surface area (Å²) in [5.74, 6) is -2.87. The lowest BCUT2D eigenvalue weighted by Gasteiger charge is -2.32. The number of carbonyl (C=O) groups is 3. The normalized spacial score (nSPS) is 24.9. The van der Waals surface area contributed by atoms with Crippen LogP contribution in [0.4, 0.5) is 0 Å². The second-order valence-electron chi connectivity index (χ2n) is 11.8. The van der Waals surface area contributed by atoms with Gasteiger partial charge in [0.25, 0.3) is 0 Å². The summed E-state index contributed by atoms with van der Waals surface area (Å²) in [7, 11) is 0. The van der Waals surface area contributed by atoms with E-state index in [4.69, 9.17) is 10.5 Å². The Hall–Kier alpha value is -3.37. The fraction of sp³-hybridized carbons (Fsp3) is 0.500. The van der Waals surface area contributed by atoms with E-state index in [1.165, 1.54) is 5.57 Å². The zero-order valence-corrected chi connectivity index (χ0v) is 24.7. The van der Waals surface area contributed by atoms with Gasteiger partial charge in [0.2, 0.25) is 5.91 Å². The molecule has 5 N–H and O–H groups in total. The van der Waals surface area contributed by atoms with Gasteiger partial charge in [-0.15, -0.1) is 0 Å². The number of rotatable bonds is 12. The van der Waals surface area contributed by atoms with Crippen molar-refractivity contribution in [3.63, 3.8) is 0 Å². The molecule has 1 aliphatic heterocycles. The summed E-state index contributed by atoms with van der Waals surface area (Å²) in [4.78, 5) is 39.9. The minimum Gasteiger partial charge on any atom is -0.507 e. The van der Waals surface area contributed by atoms with Gasteiger partial charge in [-0.05, 0) is 66.7 Å². The minimum atomic E-state index is -0.853. The molecule has 1 fully saturated rings. The monoisotopic (exact) mass is 592 g/mol. The van der Waals surface area contributed by atoms with Crippen molar-refractivity contribution in [2.75, 3.05) is 46.1 Å². The smallest absolute Gasteiger partial charge is 0.224 e. The summed E-state index contributed by atoms with van der Waals surface area (Å²) < 4.78 is 5.50. The summed E-state index contributed by atoms with van der Waals surface area (Å²) in [5.41, 5.74) is 9.57. The van der Waals surface area contributed by atoms with Crippen molar-refractivity contribution >= 4 is 23.0 Å². The number of Topliss-reactive ketones (excluding diaryl/α,β-unsaturated/α-hetero) is 2. The van der Waals surface area contributed by atoms with Gasteiger partial charge < -0.3 is 25.8 Å². The number of amides is 1. The van der Waals surface area contributed by atoms with E-state index in [1.807, 2.05) is 12.1 Å². The topological polar surface area (TPSA) is 150 Å². The van der Waals surface area contributed by atoms with Gasteiger partial charge in [-0.1, -0.05) is 48.1 Å². The number of aromatic hydroxyl groups is 1. The van der Waals surface area contributed by atoms with Crippen LogP contribution < -0.4 is 5.73 Å². The molecular weight excluding hydrogens is 548 g/mol. The van der Waals surface area contributed by atoms with Gasteiger partial charge in [-0.2, -0.15) is 0 Å². The van der Waals surface area contributed by atoms with E-state index < -0.39 is 36.6 Å². The van der Waals surface area contributed by atoms with Crippen LogP contribution >= 0.6 is 0 Å². The molecule has 9 heteroatoms. The Balaban J connectivity index is 1.64. The molecule has 1 heterocycles. The number of primary amides is 1. The highest BCUT2D eigenvalue weighted by atomic mass is 16.5. The first-order valence-corrected chi connectivity index (χ1v) is 15.2. The van der Waals surface area contributed by atoms with Gasteiger partial charge in [0.15, 0.2) is 5.78 Å². The molecule has 3 atom stereocenters. The SMILES string of the molecule is NC(=O)CC(=O)C(CO)C(CCO)CC1CC(=O)c2c(O)ccc(/C3=C/C=C(/CN4CCOCC4)C/C=C\C=C/C3)c2C1. The van der Waals surface area contributed by atoms with E-state index >= 15 is 0 Å². The first-order chi connectivity index (χ1) is 20.8. The van der Waals surface area contributed by atoms with E-state index in [2.05, 4.69) is 35.3 Å². The number of hydrogen-bond donors (Lipinski definition) is 4. The highest BCUT2D eigenvalue weighted by Gasteiger charge is 2.35. The maximum absolute atomic E-state index is 13.4. The lowest BCUT2D eigenvalue weighted by molar-refractivity contribution is -0.131. The Morgan fingerprint density at radius 2 is 1.79 bits per heavy atom. The first kappa shape index (κ1) is 32.5. The molecule has 2 aliphatic carbocycles. The fourth-order valence-corrected chi connectivity index (χ4v) is 6.53. The van der Waals surface area contributed by atoms with Gasteiger partial charge in [-0.3, -0.25) is 19.3 Å². The molecule has 0 bridgehead atoms. The number of nitrogens with zero attached hydrogens (tertiary/aromatic N) is 1. The lowest BCUT2D eigenvalue weighted by Crippen LogP contribution is -2.37. The van der Waals surface area contributed by atoms with Crippen LogP contribution in [0.25, 0.3) is 5.57 Å². The van der Waals surface area contributed by atoms with E-state index in [0.717, 1.165) is 56.0 Å². The van der Waals surface area contributed by atoms with Crippen molar-refractivity contribution in [1.29, 1.82) is 0 Å². The molecule has 0 aromatic heterocycles. The second-order valence-corrected chi connectivity index (χ2v) is 11.8. The van der Waals surface area contributed by atoms with Crippen molar-refractivity contribution in [3.05, 3.63) is 70.9 Å². The van der Waals surface area contributed by atoms with Gasteiger partial charge in [0.05, 0.1) is 31.8 Å². The maximum atomic E-state index is 13.4. The van der Waals surface area contributed by atoms with Crippen LogP contribution in [0, 0.1) is 17.8 Å². The molecule has 1 saturated heterocycles. The zero-order valence-electron chi connectivity index (χ0n) is 24.7. The summed E-state index contributed by atoms with van der Waals surface area (Å²) in [5, 5.41) is 30.5. The molecule has 1 aromatic carbocycles. The summed E-state index contributed by atoms with van der Waals surface area (Å²) in [6, 6.07) is 3.46. The molecule has 9 nitrogen and oxygen atoms in total. The Labute approximate surface area is 253 Å². The zero-order chi connectivity index (χ0) is 30.8. The number of aliphatic hydroxyl groups is 2. The number of aliphatic hydroxyl groups excluding tert-OH is 2. The molecule has 0 spiro atoms. The van der Waals surface area contributed by atoms with Gasteiger partial charge in [0, 0.05) is 38.6 Å². The summed E-state index contributed by atoms with van der Waals surface area (Å²) in [6.07, 6.45) is 14.9. The third-order valence-corrected chi connectivity index (χ3v) is 8.70. The Morgan fingerprint density at radius 1 is 1.05 bits per heavy atom. The standard InChI is InChI=1S/C34H44N2O7/c35-33(42)20-31(40)29(22-38)26(11-14-37)17-24-18-28-27(9-10-30(39)34(28)32(41)19-24)25-6-4-2-1-3-5-23(7-8-25)21-36-12-15-43-16-13-36/h1-4,7-10,24,26,29,37-39H,5-6,11-22H2,(H2,35,42)/b3-1-,4-2-,23-7+,25-8+. The molecule has 3 aliphatic rings. The Bertz CT molecular complexity index is 1290. The number of ether oxygens (including phenoxy) is 1. The maximum Gasteiger partial charge on any atom is 0.224 e. The molecule has 1 amide bonds. The predicted molar refractivity (Wildman–Crippen MR) is 164 cm³/mol. The summed E-state index contributed by atoms with van der Waals surface area (Å²) >= 11 is 0. The van der Waals surface area contributed by atoms with Crippen LogP contribution in [-0.4, -0.2) is 83.8 Å². The number of hydrogen-bond acceptors (Lipinski definition) is 8. The van der Waals surface area contributed by atoms with Crippen LogP contribution in [0.15, 0.2) is 54.2 Å². The number of ketones is 2. The van der Waals surface area contributed by atoms with E-state index in [0.29, 0.717) is 24.8 Å². The molecule has 232 valence electrons. The van der Waals surface area contributed by atoms with Crippen LogP contribution in [0.2, 0.25) is 0 Å². The largest absolute Gasteiger partial charge is 0.507 e. The van der Waals surface area contributed by atoms with E-state index in [1.54, 1.807) is 6.07 Å². The molecule has 0 radical (unpaired) electrons. The van der Waals surface area contributed by atoms with Gasteiger partial charge in [0.1, 0.15) is 11.5 Å². The highest BCUT2D eigenvalue weighted by Crippen LogP contribution is 2.40. The average molecular weight is 593 g/mol. The predicted octanol–water partition coefficient (Wildman–Crippen LogP) is 3.13.